The molecule has 6 nitrogen and oxygen atoms in total. The van der Waals surface area contributed by atoms with E-state index in [2.05, 4.69) is 21.4 Å². The van der Waals surface area contributed by atoms with Crippen LogP contribution >= 0.6 is 12.2 Å². The van der Waals surface area contributed by atoms with E-state index in [1.54, 1.807) is 10.9 Å². The number of nitrogens with zero attached hydrogens (tertiary/aromatic N) is 5. The van der Waals surface area contributed by atoms with Crippen LogP contribution in [0.15, 0.2) is 53.6 Å². The maximum absolute atomic E-state index is 8.70. The van der Waals surface area contributed by atoms with Gasteiger partial charge in [0.1, 0.15) is 0 Å². The topological polar surface area (TPSA) is 73.0 Å². The Morgan fingerprint density at radius 3 is 2.70 bits per heavy atom. The summed E-state index contributed by atoms with van der Waals surface area (Å²) < 4.78 is 2.07. The van der Waals surface area contributed by atoms with Crippen molar-refractivity contribution in [2.45, 2.75) is 13.3 Å². The second kappa shape index (κ2) is 8.43. The molecule has 0 spiro atoms. The van der Waals surface area contributed by atoms with E-state index in [0.29, 0.717) is 23.6 Å². The fraction of sp³-hybridized carbons (Fsp3) is 0.200. The molecule has 0 aliphatic heterocycles. The summed E-state index contributed by atoms with van der Waals surface area (Å²) in [5, 5.41) is 20.3. The molecule has 2 aromatic carbocycles. The molecule has 3 rings (SSSR count). The number of aromatic amines is 1. The summed E-state index contributed by atoms with van der Waals surface area (Å²) in [6, 6.07) is 18.1. The molecule has 0 amide bonds. The number of aryl methyl sites for hydroxylation is 1. The quantitative estimate of drug-likeness (QED) is 0.518. The number of H-pyrrole nitrogens is 1. The third-order valence-electron chi connectivity index (χ3n) is 4.25. The van der Waals surface area contributed by atoms with E-state index in [4.69, 9.17) is 17.5 Å². The molecule has 3 aromatic rings. The highest BCUT2D eigenvalue weighted by Crippen LogP contribution is 2.21. The largest absolute Gasteiger partial charge is 0.374 e. The van der Waals surface area contributed by atoms with Crippen molar-refractivity contribution in [3.05, 3.63) is 64.4 Å². The van der Waals surface area contributed by atoms with Gasteiger partial charge in [-0.3, -0.25) is 0 Å². The molecule has 1 heterocycles. The first kappa shape index (κ1) is 18.5. The van der Waals surface area contributed by atoms with E-state index >= 15 is 0 Å². The molecule has 0 saturated carbocycles. The first-order valence-electron chi connectivity index (χ1n) is 8.56. The van der Waals surface area contributed by atoms with Gasteiger partial charge >= 0.3 is 0 Å². The van der Waals surface area contributed by atoms with Crippen LogP contribution in [-0.4, -0.2) is 34.7 Å². The van der Waals surface area contributed by atoms with Crippen LogP contribution in [0.1, 0.15) is 17.5 Å². The summed E-state index contributed by atoms with van der Waals surface area (Å²) in [7, 11) is 1.97. The lowest BCUT2D eigenvalue weighted by Crippen LogP contribution is -2.17. The summed E-state index contributed by atoms with van der Waals surface area (Å²) in [6.07, 6.45) is 2.26. The van der Waals surface area contributed by atoms with E-state index in [1.165, 1.54) is 0 Å². The van der Waals surface area contributed by atoms with Gasteiger partial charge in [-0.05, 0) is 42.4 Å². The number of rotatable bonds is 6. The fourth-order valence-corrected chi connectivity index (χ4v) is 2.86. The van der Waals surface area contributed by atoms with E-state index in [9.17, 15) is 0 Å². The normalized spacial score (nSPS) is 10.9. The lowest BCUT2D eigenvalue weighted by molar-refractivity contribution is 0.870. The van der Waals surface area contributed by atoms with Crippen molar-refractivity contribution in [1.82, 2.24) is 14.9 Å². The lowest BCUT2D eigenvalue weighted by Gasteiger charge is -2.17. The van der Waals surface area contributed by atoms with Crippen molar-refractivity contribution in [2.75, 3.05) is 18.5 Å². The van der Waals surface area contributed by atoms with Crippen molar-refractivity contribution in [3.63, 3.8) is 0 Å². The highest BCUT2D eigenvalue weighted by atomic mass is 32.1. The van der Waals surface area contributed by atoms with Crippen LogP contribution in [0.2, 0.25) is 0 Å². The van der Waals surface area contributed by atoms with Gasteiger partial charge in [0.15, 0.2) is 5.82 Å². The maximum atomic E-state index is 8.70. The van der Waals surface area contributed by atoms with Crippen LogP contribution in [0.5, 0.6) is 0 Å². The monoisotopic (exact) mass is 376 g/mol. The minimum Gasteiger partial charge on any atom is -0.374 e. The zero-order valence-corrected chi connectivity index (χ0v) is 16.1. The van der Waals surface area contributed by atoms with Crippen LogP contribution in [0.3, 0.4) is 0 Å². The van der Waals surface area contributed by atoms with Gasteiger partial charge in [-0.15, -0.1) is 0 Å². The van der Waals surface area contributed by atoms with Gasteiger partial charge in [0.2, 0.25) is 4.77 Å². The molecule has 1 N–H and O–H groups in total. The van der Waals surface area contributed by atoms with Crippen LogP contribution in [0, 0.1) is 23.0 Å². The first-order chi connectivity index (χ1) is 13.1. The molecule has 0 aliphatic carbocycles. The molecule has 0 radical (unpaired) electrons. The number of benzene rings is 2. The molecule has 1 aromatic heterocycles. The predicted molar refractivity (Wildman–Crippen MR) is 111 cm³/mol. The average Bonchev–Trinajstić information content (AvgIpc) is 3.05. The summed E-state index contributed by atoms with van der Waals surface area (Å²) in [5.41, 5.74) is 4.10. The van der Waals surface area contributed by atoms with Gasteiger partial charge in [-0.2, -0.15) is 20.1 Å². The zero-order chi connectivity index (χ0) is 19.2. The Morgan fingerprint density at radius 2 is 2.00 bits per heavy atom. The molecule has 0 unspecified atom stereocenters. The van der Waals surface area contributed by atoms with Gasteiger partial charge in [-0.25, -0.2) is 5.10 Å². The Bertz CT molecular complexity index is 1040. The third-order valence-corrected chi connectivity index (χ3v) is 4.52. The van der Waals surface area contributed by atoms with Gasteiger partial charge in [0.05, 0.1) is 18.7 Å². The van der Waals surface area contributed by atoms with E-state index in [0.717, 1.165) is 22.4 Å². The molecule has 0 bridgehead atoms. The number of hydrogen-bond acceptors (Lipinski definition) is 5. The SMILES string of the molecule is Cc1ccccc1-c1n[nH]c(=S)n1N=Cc1ccc(N(C)CCC#N)cc1. The number of nitrogens with one attached hydrogen (secondary N) is 1. The molecular formula is C20H20N6S. The lowest BCUT2D eigenvalue weighted by atomic mass is 10.1. The predicted octanol–water partition coefficient (Wildman–Crippen LogP) is 4.15. The van der Waals surface area contributed by atoms with Gasteiger partial charge in [0, 0.05) is 24.8 Å². The smallest absolute Gasteiger partial charge is 0.216 e. The molecule has 0 fully saturated rings. The summed E-state index contributed by atoms with van der Waals surface area (Å²) in [4.78, 5) is 2.05. The number of hydrogen-bond donors (Lipinski definition) is 1. The molecule has 0 saturated heterocycles. The fourth-order valence-electron chi connectivity index (χ4n) is 2.68. The summed E-state index contributed by atoms with van der Waals surface area (Å²) in [5.74, 6) is 0.683. The summed E-state index contributed by atoms with van der Waals surface area (Å²) in [6.45, 7) is 2.73. The van der Waals surface area contributed by atoms with Crippen molar-refractivity contribution in [1.29, 1.82) is 5.26 Å². The second-order valence-electron chi connectivity index (χ2n) is 6.14. The van der Waals surface area contributed by atoms with Gasteiger partial charge < -0.3 is 4.90 Å². The maximum Gasteiger partial charge on any atom is 0.216 e. The number of aromatic nitrogens is 3. The number of anilines is 1. The minimum atomic E-state index is 0.442. The van der Waals surface area contributed by atoms with Crippen LogP contribution < -0.4 is 4.90 Å². The van der Waals surface area contributed by atoms with Crippen molar-refractivity contribution in [3.8, 4) is 17.5 Å². The molecule has 27 heavy (non-hydrogen) atoms. The Hall–Kier alpha value is -3.24. The minimum absolute atomic E-state index is 0.442. The van der Waals surface area contributed by atoms with Crippen molar-refractivity contribution in [2.24, 2.45) is 5.10 Å². The number of nitriles is 1. The van der Waals surface area contributed by atoms with E-state index < -0.39 is 0 Å². The standard InChI is InChI=1S/C20H20N6S/c1-15-6-3-4-7-18(15)19-23-24-20(27)26(19)22-14-16-8-10-17(11-9-16)25(2)13-5-12-21/h3-4,6-11,14H,5,13H2,1-2H3,(H,24,27). The highest BCUT2D eigenvalue weighted by molar-refractivity contribution is 7.71. The highest BCUT2D eigenvalue weighted by Gasteiger charge is 2.10. The molecule has 0 atom stereocenters. The van der Waals surface area contributed by atoms with E-state index in [1.807, 2.05) is 67.4 Å². The zero-order valence-electron chi connectivity index (χ0n) is 15.3. The molecular weight excluding hydrogens is 356 g/mol. The van der Waals surface area contributed by atoms with E-state index in [-0.39, 0.29) is 0 Å². The second-order valence-corrected chi connectivity index (χ2v) is 6.53. The van der Waals surface area contributed by atoms with Crippen LogP contribution in [0.25, 0.3) is 11.4 Å². The van der Waals surface area contributed by atoms with Crippen LogP contribution in [-0.2, 0) is 0 Å². The van der Waals surface area contributed by atoms with Gasteiger partial charge in [-0.1, -0.05) is 36.4 Å². The molecule has 136 valence electrons. The molecule has 7 heteroatoms. The first-order valence-corrected chi connectivity index (χ1v) is 8.97. The van der Waals surface area contributed by atoms with Crippen LogP contribution in [0.4, 0.5) is 5.69 Å². The Balaban J connectivity index is 1.83. The van der Waals surface area contributed by atoms with Crippen molar-refractivity contribution >= 4 is 24.1 Å². The molecule has 0 aliphatic rings. The van der Waals surface area contributed by atoms with Crippen molar-refractivity contribution < 1.29 is 0 Å². The third kappa shape index (κ3) is 4.30. The average molecular weight is 376 g/mol. The summed E-state index contributed by atoms with van der Waals surface area (Å²) >= 11 is 5.33. The Morgan fingerprint density at radius 1 is 1.26 bits per heavy atom. The Kier molecular flexibility index (Phi) is 5.79. The Labute approximate surface area is 163 Å². The van der Waals surface area contributed by atoms with Gasteiger partial charge in [0.25, 0.3) is 0 Å².